The summed E-state index contributed by atoms with van der Waals surface area (Å²) in [7, 11) is 0. The van der Waals surface area contributed by atoms with Gasteiger partial charge in [0.1, 0.15) is 12.0 Å². The van der Waals surface area contributed by atoms with E-state index in [-0.39, 0.29) is 24.2 Å². The molecule has 0 radical (unpaired) electrons. The molecular weight excluding hydrogens is 422 g/mol. The molecule has 0 aromatic heterocycles. The van der Waals surface area contributed by atoms with Gasteiger partial charge >= 0.3 is 12.4 Å². The van der Waals surface area contributed by atoms with Crippen LogP contribution in [0, 0.1) is 11.7 Å². The number of carbonyl (C=O) groups is 1. The summed E-state index contributed by atoms with van der Waals surface area (Å²) in [5.74, 6) is -3.69. The van der Waals surface area contributed by atoms with Crippen molar-refractivity contribution in [2.45, 2.75) is 24.9 Å². The largest absolute Gasteiger partial charge is 0.419 e. The van der Waals surface area contributed by atoms with Crippen LogP contribution in [0.5, 0.6) is 0 Å². The fourth-order valence-electron chi connectivity index (χ4n) is 2.93. The summed E-state index contributed by atoms with van der Waals surface area (Å²) in [6, 6.07) is 2.59. The molecule has 0 saturated carbocycles. The highest BCUT2D eigenvalue weighted by molar-refractivity contribution is 6.12. The van der Waals surface area contributed by atoms with Gasteiger partial charge < -0.3 is 5.32 Å². The van der Waals surface area contributed by atoms with Gasteiger partial charge in [0.15, 0.2) is 5.78 Å². The maximum Gasteiger partial charge on any atom is 0.419 e. The molecule has 30 heavy (non-hydrogen) atoms. The second kappa shape index (κ2) is 9.11. The van der Waals surface area contributed by atoms with Crippen molar-refractivity contribution in [1.29, 1.82) is 0 Å². The monoisotopic (exact) mass is 439 g/mol. The third-order valence-electron chi connectivity index (χ3n) is 4.39. The van der Waals surface area contributed by atoms with Crippen LogP contribution >= 0.6 is 0 Å². The van der Waals surface area contributed by atoms with E-state index in [1.807, 2.05) is 0 Å². The number of hydrogen-bond acceptors (Lipinski definition) is 2. The molecule has 1 N–H and O–H groups in total. The molecule has 1 aliphatic rings. The highest BCUT2D eigenvalue weighted by atomic mass is 19.4. The maximum absolute atomic E-state index is 14.2. The van der Waals surface area contributed by atoms with E-state index < -0.39 is 53.6 Å². The SMILES string of the molecule is C=CC(/C=C1\CNC/C(=C\c2cccc(C(F)(F)F)c2F)C1=O)C(F)CC(F)(F)F. The molecule has 1 aromatic carbocycles. The lowest BCUT2D eigenvalue weighted by Gasteiger charge is -2.21. The van der Waals surface area contributed by atoms with E-state index in [4.69, 9.17) is 0 Å². The number of Topliss-reactive ketones (excluding diaryl/α,β-unsaturated/α-hetero) is 1. The zero-order valence-corrected chi connectivity index (χ0v) is 15.4. The van der Waals surface area contributed by atoms with E-state index in [1.54, 1.807) is 0 Å². The van der Waals surface area contributed by atoms with E-state index in [1.165, 1.54) is 0 Å². The number of hydrogen-bond donors (Lipinski definition) is 1. The van der Waals surface area contributed by atoms with Crippen LogP contribution in [0.4, 0.5) is 35.1 Å². The van der Waals surface area contributed by atoms with Gasteiger partial charge in [-0.25, -0.2) is 8.78 Å². The zero-order valence-electron chi connectivity index (χ0n) is 15.4. The Labute approximate surface area is 167 Å². The highest BCUT2D eigenvalue weighted by Gasteiger charge is 2.36. The predicted octanol–water partition coefficient (Wildman–Crippen LogP) is 5.42. The number of benzene rings is 1. The van der Waals surface area contributed by atoms with Crippen LogP contribution in [0.2, 0.25) is 0 Å². The van der Waals surface area contributed by atoms with E-state index >= 15 is 0 Å². The smallest absolute Gasteiger partial charge is 0.308 e. The molecule has 2 atom stereocenters. The van der Waals surface area contributed by atoms with Gasteiger partial charge in [0.2, 0.25) is 0 Å². The molecule has 2 rings (SSSR count). The summed E-state index contributed by atoms with van der Waals surface area (Å²) in [4.78, 5) is 12.6. The van der Waals surface area contributed by atoms with Crippen molar-refractivity contribution < 1.29 is 39.9 Å². The summed E-state index contributed by atoms with van der Waals surface area (Å²) >= 11 is 0. The highest BCUT2D eigenvalue weighted by Crippen LogP contribution is 2.33. The number of rotatable bonds is 5. The molecule has 10 heteroatoms. The molecule has 0 amide bonds. The first-order valence-corrected chi connectivity index (χ1v) is 8.69. The predicted molar refractivity (Wildman–Crippen MR) is 94.6 cm³/mol. The van der Waals surface area contributed by atoms with Crippen molar-refractivity contribution in [3.05, 3.63) is 65.0 Å². The van der Waals surface area contributed by atoms with E-state index in [2.05, 4.69) is 11.9 Å². The van der Waals surface area contributed by atoms with Crippen molar-refractivity contribution in [3.8, 4) is 0 Å². The van der Waals surface area contributed by atoms with Crippen molar-refractivity contribution >= 4 is 11.9 Å². The minimum atomic E-state index is -4.93. The Bertz CT molecular complexity index is 867. The van der Waals surface area contributed by atoms with E-state index in [0.717, 1.165) is 30.4 Å². The van der Waals surface area contributed by atoms with Crippen LogP contribution < -0.4 is 5.32 Å². The number of allylic oxidation sites excluding steroid dienone is 2. The molecule has 1 heterocycles. The summed E-state index contributed by atoms with van der Waals surface area (Å²) in [6.45, 7) is 3.08. The minimum Gasteiger partial charge on any atom is -0.308 e. The third-order valence-corrected chi connectivity index (χ3v) is 4.39. The van der Waals surface area contributed by atoms with Crippen molar-refractivity contribution in [1.82, 2.24) is 5.32 Å². The minimum absolute atomic E-state index is 0.0883. The second-order valence-electron chi connectivity index (χ2n) is 6.65. The normalized spacial score (nSPS) is 20.5. The fraction of sp³-hybridized carbons (Fsp3) is 0.350. The molecule has 1 fully saturated rings. The van der Waals surface area contributed by atoms with Crippen molar-refractivity contribution in [3.63, 3.8) is 0 Å². The summed E-state index contributed by atoms with van der Waals surface area (Å²) < 4.78 is 104. The Kier molecular flexibility index (Phi) is 7.23. The number of carbonyl (C=O) groups excluding carboxylic acids is 1. The lowest BCUT2D eigenvalue weighted by molar-refractivity contribution is -0.147. The maximum atomic E-state index is 14.2. The average Bonchev–Trinajstić information content (AvgIpc) is 2.61. The molecule has 2 unspecified atom stereocenters. The first kappa shape index (κ1) is 23.8. The van der Waals surface area contributed by atoms with E-state index in [9.17, 15) is 39.9 Å². The van der Waals surface area contributed by atoms with Crippen LogP contribution in [0.15, 0.2) is 48.1 Å². The Morgan fingerprint density at radius 3 is 2.30 bits per heavy atom. The number of ketones is 1. The second-order valence-corrected chi connectivity index (χ2v) is 6.65. The number of piperidine rings is 1. The zero-order chi connectivity index (χ0) is 22.7. The topological polar surface area (TPSA) is 29.1 Å². The lowest BCUT2D eigenvalue weighted by Crippen LogP contribution is -2.34. The molecule has 2 nitrogen and oxygen atoms in total. The van der Waals surface area contributed by atoms with Crippen molar-refractivity contribution in [2.24, 2.45) is 5.92 Å². The van der Waals surface area contributed by atoms with Crippen LogP contribution in [0.25, 0.3) is 6.08 Å². The van der Waals surface area contributed by atoms with Gasteiger partial charge in [-0.3, -0.25) is 4.79 Å². The van der Waals surface area contributed by atoms with Gasteiger partial charge in [-0.15, -0.1) is 6.58 Å². The van der Waals surface area contributed by atoms with Gasteiger partial charge in [-0.05, 0) is 12.1 Å². The molecule has 0 bridgehead atoms. The standard InChI is InChI=1S/C20H17F8NO/c1-2-11(16(21)8-19(23,24)25)6-13-9-29-10-14(18(13)30)7-12-4-3-5-15(17(12)22)20(26,27)28/h2-7,11,16,29H,1,8-10H2/b13-6+,14-7+. The quantitative estimate of drug-likeness (QED) is 0.377. The molecule has 0 aliphatic carbocycles. The molecule has 1 saturated heterocycles. The lowest BCUT2D eigenvalue weighted by atomic mass is 9.91. The fourth-order valence-corrected chi connectivity index (χ4v) is 2.93. The molecular formula is C20H17F8NO. The van der Waals surface area contributed by atoms with Gasteiger partial charge in [0.25, 0.3) is 0 Å². The Morgan fingerprint density at radius 1 is 1.10 bits per heavy atom. The Hall–Kier alpha value is -2.49. The summed E-state index contributed by atoms with van der Waals surface area (Å²) in [6.07, 6.45) is -10.9. The van der Waals surface area contributed by atoms with Gasteiger partial charge in [0, 0.05) is 35.7 Å². The van der Waals surface area contributed by atoms with E-state index in [0.29, 0.717) is 6.07 Å². The Morgan fingerprint density at radius 2 is 1.73 bits per heavy atom. The van der Waals surface area contributed by atoms with Gasteiger partial charge in [0.05, 0.1) is 12.0 Å². The number of halogens is 8. The Balaban J connectivity index is 2.33. The average molecular weight is 439 g/mol. The molecule has 1 aromatic rings. The molecule has 164 valence electrons. The molecule has 0 spiro atoms. The van der Waals surface area contributed by atoms with Gasteiger partial charge in [-0.1, -0.05) is 24.3 Å². The van der Waals surface area contributed by atoms with Crippen LogP contribution in [-0.2, 0) is 11.0 Å². The first-order chi connectivity index (χ1) is 13.8. The number of nitrogens with one attached hydrogen (secondary N) is 1. The first-order valence-electron chi connectivity index (χ1n) is 8.69. The van der Waals surface area contributed by atoms with Crippen molar-refractivity contribution in [2.75, 3.05) is 13.1 Å². The summed E-state index contributed by atoms with van der Waals surface area (Å²) in [5, 5.41) is 2.74. The summed E-state index contributed by atoms with van der Waals surface area (Å²) in [5.41, 5.74) is -2.17. The third kappa shape index (κ3) is 6.01. The van der Waals surface area contributed by atoms with Gasteiger partial charge in [-0.2, -0.15) is 26.3 Å². The number of alkyl halides is 7. The van der Waals surface area contributed by atoms with Crippen LogP contribution in [-0.4, -0.2) is 31.2 Å². The van der Waals surface area contributed by atoms with Crippen LogP contribution in [0.1, 0.15) is 17.5 Å². The molecule has 1 aliphatic heterocycles. The van der Waals surface area contributed by atoms with Crippen LogP contribution in [0.3, 0.4) is 0 Å².